The van der Waals surface area contributed by atoms with E-state index in [9.17, 15) is 0 Å². The van der Waals surface area contributed by atoms with E-state index in [1.165, 1.54) is 19.3 Å². The van der Waals surface area contributed by atoms with Crippen LogP contribution in [-0.4, -0.2) is 5.88 Å². The molecule has 2 aliphatic carbocycles. The van der Waals surface area contributed by atoms with Gasteiger partial charge in [-0.05, 0) is 42.9 Å². The first-order valence-electron chi connectivity index (χ1n) is 4.39. The normalized spacial score (nSPS) is 52.2. The van der Waals surface area contributed by atoms with Crippen LogP contribution >= 0.6 is 11.6 Å². The minimum Gasteiger partial charge on any atom is -0.126 e. The average molecular weight is 159 g/mol. The lowest BCUT2D eigenvalue weighted by Gasteiger charge is -2.25. The monoisotopic (exact) mass is 158 g/mol. The minimum atomic E-state index is 0.861. The predicted molar refractivity (Wildman–Crippen MR) is 44.2 cm³/mol. The molecule has 0 N–H and O–H groups in total. The SMILES string of the molecule is C[C@@H]1[C@H]2CC[C@@H](C2)[C@H]1CCl. The van der Waals surface area contributed by atoms with Crippen LogP contribution < -0.4 is 0 Å². The van der Waals surface area contributed by atoms with E-state index in [1.54, 1.807) is 0 Å². The van der Waals surface area contributed by atoms with Crippen molar-refractivity contribution in [3.63, 3.8) is 0 Å². The fourth-order valence-corrected chi connectivity index (χ4v) is 3.50. The lowest BCUT2D eigenvalue weighted by molar-refractivity contribution is 0.263. The summed E-state index contributed by atoms with van der Waals surface area (Å²) in [6.07, 6.45) is 4.43. The molecule has 0 unspecified atom stereocenters. The number of hydrogen-bond acceptors (Lipinski definition) is 0. The first-order valence-corrected chi connectivity index (χ1v) is 4.92. The zero-order valence-electron chi connectivity index (χ0n) is 6.52. The van der Waals surface area contributed by atoms with Gasteiger partial charge in [0.2, 0.25) is 0 Å². The van der Waals surface area contributed by atoms with Crippen molar-refractivity contribution >= 4 is 11.6 Å². The Hall–Kier alpha value is 0.290. The maximum atomic E-state index is 5.90. The molecule has 2 bridgehead atoms. The number of hydrogen-bond donors (Lipinski definition) is 0. The molecule has 58 valence electrons. The molecule has 0 amide bonds. The van der Waals surface area contributed by atoms with Crippen molar-refractivity contribution in [2.24, 2.45) is 23.7 Å². The molecule has 0 aromatic rings. The summed E-state index contributed by atoms with van der Waals surface area (Å²) in [6.45, 7) is 2.39. The van der Waals surface area contributed by atoms with Gasteiger partial charge in [0.1, 0.15) is 0 Å². The summed E-state index contributed by atoms with van der Waals surface area (Å²) in [5, 5.41) is 0. The van der Waals surface area contributed by atoms with Crippen molar-refractivity contribution in [1.29, 1.82) is 0 Å². The van der Waals surface area contributed by atoms with Gasteiger partial charge in [-0.15, -0.1) is 11.6 Å². The van der Waals surface area contributed by atoms with E-state index < -0.39 is 0 Å². The van der Waals surface area contributed by atoms with E-state index in [0.29, 0.717) is 0 Å². The molecular formula is C9H15Cl. The second-order valence-corrected chi connectivity index (χ2v) is 4.32. The van der Waals surface area contributed by atoms with Crippen LogP contribution in [0.2, 0.25) is 0 Å². The van der Waals surface area contributed by atoms with Crippen LogP contribution in [0.3, 0.4) is 0 Å². The molecule has 2 rings (SSSR count). The molecule has 2 fully saturated rings. The van der Waals surface area contributed by atoms with Gasteiger partial charge in [0.15, 0.2) is 0 Å². The zero-order chi connectivity index (χ0) is 7.14. The molecule has 0 nitrogen and oxygen atoms in total. The van der Waals surface area contributed by atoms with Gasteiger partial charge in [-0.2, -0.15) is 0 Å². The topological polar surface area (TPSA) is 0 Å². The van der Waals surface area contributed by atoms with E-state index in [-0.39, 0.29) is 0 Å². The fraction of sp³-hybridized carbons (Fsp3) is 1.00. The van der Waals surface area contributed by atoms with Gasteiger partial charge >= 0.3 is 0 Å². The average Bonchev–Trinajstić information content (AvgIpc) is 2.46. The minimum absolute atomic E-state index is 0.861. The smallest absolute Gasteiger partial charge is 0.0257 e. The highest BCUT2D eigenvalue weighted by atomic mass is 35.5. The summed E-state index contributed by atoms with van der Waals surface area (Å²) in [5.41, 5.74) is 0. The van der Waals surface area contributed by atoms with E-state index in [4.69, 9.17) is 11.6 Å². The van der Waals surface area contributed by atoms with Gasteiger partial charge in [-0.3, -0.25) is 0 Å². The highest BCUT2D eigenvalue weighted by Gasteiger charge is 2.44. The first-order chi connectivity index (χ1) is 4.83. The molecular weight excluding hydrogens is 144 g/mol. The van der Waals surface area contributed by atoms with Crippen LogP contribution in [0.4, 0.5) is 0 Å². The van der Waals surface area contributed by atoms with Crippen molar-refractivity contribution < 1.29 is 0 Å². The van der Waals surface area contributed by atoms with Crippen LogP contribution in [0.1, 0.15) is 26.2 Å². The first kappa shape index (κ1) is 6.97. The van der Waals surface area contributed by atoms with Gasteiger partial charge in [-0.1, -0.05) is 6.92 Å². The van der Waals surface area contributed by atoms with Crippen LogP contribution in [-0.2, 0) is 0 Å². The lowest BCUT2D eigenvalue weighted by Crippen LogP contribution is -2.20. The van der Waals surface area contributed by atoms with Gasteiger partial charge in [0, 0.05) is 5.88 Å². The molecule has 0 heterocycles. The zero-order valence-corrected chi connectivity index (χ0v) is 7.27. The van der Waals surface area contributed by atoms with Crippen molar-refractivity contribution in [2.75, 3.05) is 5.88 Å². The van der Waals surface area contributed by atoms with E-state index in [2.05, 4.69) is 6.92 Å². The van der Waals surface area contributed by atoms with Crippen molar-refractivity contribution in [2.45, 2.75) is 26.2 Å². The van der Waals surface area contributed by atoms with Gasteiger partial charge in [0.05, 0.1) is 0 Å². The standard InChI is InChI=1S/C9H15Cl/c1-6-7-2-3-8(4-7)9(6)5-10/h6-9H,2-5H2,1H3/t6-,7+,8+,9+/m1/s1. The molecule has 0 aliphatic heterocycles. The predicted octanol–water partition coefficient (Wildman–Crippen LogP) is 2.91. The van der Waals surface area contributed by atoms with Crippen LogP contribution in [0, 0.1) is 23.7 Å². The molecule has 2 aliphatic rings. The Kier molecular flexibility index (Phi) is 1.68. The Labute approximate surface area is 68.0 Å². The Morgan fingerprint density at radius 2 is 2.00 bits per heavy atom. The summed E-state index contributed by atoms with van der Waals surface area (Å²) >= 11 is 5.90. The number of alkyl halides is 1. The summed E-state index contributed by atoms with van der Waals surface area (Å²) in [4.78, 5) is 0. The van der Waals surface area contributed by atoms with Crippen molar-refractivity contribution in [1.82, 2.24) is 0 Å². The third kappa shape index (κ3) is 0.812. The number of rotatable bonds is 1. The van der Waals surface area contributed by atoms with E-state index in [1.807, 2.05) is 0 Å². The molecule has 10 heavy (non-hydrogen) atoms. The third-order valence-electron chi connectivity index (χ3n) is 3.72. The highest BCUT2D eigenvalue weighted by molar-refractivity contribution is 6.18. The molecule has 4 atom stereocenters. The van der Waals surface area contributed by atoms with Gasteiger partial charge in [0.25, 0.3) is 0 Å². The van der Waals surface area contributed by atoms with E-state index >= 15 is 0 Å². The Balaban J connectivity index is 2.10. The second-order valence-electron chi connectivity index (χ2n) is 4.01. The summed E-state index contributed by atoms with van der Waals surface area (Å²) in [5.74, 6) is 4.73. The van der Waals surface area contributed by atoms with Gasteiger partial charge in [-0.25, -0.2) is 0 Å². The fourth-order valence-electron chi connectivity index (χ4n) is 2.96. The second kappa shape index (κ2) is 2.41. The van der Waals surface area contributed by atoms with Gasteiger partial charge < -0.3 is 0 Å². The summed E-state index contributed by atoms with van der Waals surface area (Å²) in [7, 11) is 0. The number of fused-ring (bicyclic) bond motifs is 2. The largest absolute Gasteiger partial charge is 0.126 e. The molecule has 1 heteroatoms. The third-order valence-corrected chi connectivity index (χ3v) is 4.07. The van der Waals surface area contributed by atoms with Crippen LogP contribution in [0.5, 0.6) is 0 Å². The maximum absolute atomic E-state index is 5.90. The lowest BCUT2D eigenvalue weighted by atomic mass is 9.82. The molecule has 0 spiro atoms. The Morgan fingerprint density at radius 3 is 2.40 bits per heavy atom. The van der Waals surface area contributed by atoms with Crippen molar-refractivity contribution in [3.05, 3.63) is 0 Å². The van der Waals surface area contributed by atoms with Crippen LogP contribution in [0.25, 0.3) is 0 Å². The molecule has 0 radical (unpaired) electrons. The quantitative estimate of drug-likeness (QED) is 0.515. The maximum Gasteiger partial charge on any atom is 0.0257 e. The summed E-state index contributed by atoms with van der Waals surface area (Å²) in [6, 6.07) is 0. The molecule has 0 saturated heterocycles. The highest BCUT2D eigenvalue weighted by Crippen LogP contribution is 2.52. The number of halogens is 1. The molecule has 2 saturated carbocycles. The van der Waals surface area contributed by atoms with E-state index in [0.717, 1.165) is 29.6 Å². The molecule has 0 aromatic carbocycles. The van der Waals surface area contributed by atoms with Crippen LogP contribution in [0.15, 0.2) is 0 Å². The Bertz CT molecular complexity index is 131. The Morgan fingerprint density at radius 1 is 1.30 bits per heavy atom. The summed E-state index contributed by atoms with van der Waals surface area (Å²) < 4.78 is 0. The van der Waals surface area contributed by atoms with Crippen molar-refractivity contribution in [3.8, 4) is 0 Å². The molecule has 0 aromatic heterocycles.